The van der Waals surface area contributed by atoms with E-state index in [-0.39, 0.29) is 23.7 Å². The van der Waals surface area contributed by atoms with Crippen LogP contribution in [0.4, 0.5) is 11.6 Å². The van der Waals surface area contributed by atoms with Gasteiger partial charge in [0, 0.05) is 13.0 Å². The van der Waals surface area contributed by atoms with Crippen LogP contribution in [0.2, 0.25) is 18.1 Å². The lowest BCUT2D eigenvalue weighted by atomic mass is 10.2. The van der Waals surface area contributed by atoms with E-state index in [1.807, 2.05) is 30.3 Å². The highest BCUT2D eigenvalue weighted by Crippen LogP contribution is 2.37. The molecule has 35 heavy (non-hydrogen) atoms. The predicted octanol–water partition coefficient (Wildman–Crippen LogP) is 4.48. The average molecular weight is 502 g/mol. The molecule has 1 unspecified atom stereocenters. The lowest BCUT2D eigenvalue weighted by molar-refractivity contribution is -0.284. The lowest BCUT2D eigenvalue weighted by Gasteiger charge is -2.36. The molecule has 1 saturated heterocycles. The Bertz CT molecular complexity index is 1040. The Morgan fingerprint density at radius 2 is 1.89 bits per heavy atom. The van der Waals surface area contributed by atoms with E-state index in [4.69, 9.17) is 28.8 Å². The molecule has 0 radical (unpaired) electrons. The predicted molar refractivity (Wildman–Crippen MR) is 135 cm³/mol. The van der Waals surface area contributed by atoms with Crippen molar-refractivity contribution in [1.82, 2.24) is 4.98 Å². The standard InChI is InChI=1S/C25H35N3O6Si/c1-25(2,3)35(5,6)32-14-13-20-16-28(34-33-20)22-12-11-21-24(26-22)27(23(29)17-31-21)15-18-7-9-19(30-4)10-8-18/h7-12,20H,13-17H2,1-6H3. The number of aromatic nitrogens is 1. The first-order valence-electron chi connectivity index (χ1n) is 11.9. The van der Waals surface area contributed by atoms with Gasteiger partial charge in [0.1, 0.15) is 11.9 Å². The largest absolute Gasteiger partial charge is 0.497 e. The molecule has 2 aromatic rings. The van der Waals surface area contributed by atoms with Gasteiger partial charge in [-0.3, -0.25) is 9.69 Å². The fraction of sp³-hybridized carbons (Fsp3) is 0.520. The lowest BCUT2D eigenvalue weighted by Crippen LogP contribution is -2.41. The molecule has 190 valence electrons. The Kier molecular flexibility index (Phi) is 7.37. The minimum atomic E-state index is -1.81. The first kappa shape index (κ1) is 25.4. The van der Waals surface area contributed by atoms with Crippen molar-refractivity contribution in [2.75, 3.05) is 36.8 Å². The number of hydrogen-bond donors (Lipinski definition) is 0. The fourth-order valence-electron chi connectivity index (χ4n) is 3.57. The van der Waals surface area contributed by atoms with Crippen LogP contribution in [-0.2, 0) is 25.6 Å². The quantitative estimate of drug-likeness (QED) is 0.387. The molecule has 2 aliphatic heterocycles. The summed E-state index contributed by atoms with van der Waals surface area (Å²) in [7, 11) is -0.184. The molecule has 0 saturated carbocycles. The first-order valence-corrected chi connectivity index (χ1v) is 14.8. The Morgan fingerprint density at radius 3 is 2.57 bits per heavy atom. The van der Waals surface area contributed by atoms with E-state index in [2.05, 4.69) is 33.9 Å². The Morgan fingerprint density at radius 1 is 1.14 bits per heavy atom. The summed E-state index contributed by atoms with van der Waals surface area (Å²) in [5, 5.41) is 1.76. The van der Waals surface area contributed by atoms with Crippen molar-refractivity contribution in [1.29, 1.82) is 0 Å². The van der Waals surface area contributed by atoms with Gasteiger partial charge < -0.3 is 13.9 Å². The number of pyridine rings is 1. The zero-order valence-corrected chi connectivity index (χ0v) is 22.4. The number of anilines is 2. The van der Waals surface area contributed by atoms with E-state index < -0.39 is 8.32 Å². The highest BCUT2D eigenvalue weighted by molar-refractivity contribution is 6.74. The number of carbonyl (C=O) groups excluding carboxylic acids is 1. The van der Waals surface area contributed by atoms with Crippen molar-refractivity contribution in [2.24, 2.45) is 0 Å². The van der Waals surface area contributed by atoms with Crippen LogP contribution in [0.1, 0.15) is 32.8 Å². The van der Waals surface area contributed by atoms with Crippen LogP contribution in [0, 0.1) is 0 Å². The normalized spacial score (nSPS) is 18.5. The second-order valence-electron chi connectivity index (χ2n) is 10.4. The first-order chi connectivity index (χ1) is 16.6. The van der Waals surface area contributed by atoms with Crippen LogP contribution in [-0.4, -0.2) is 52.2 Å². The third-order valence-electron chi connectivity index (χ3n) is 6.84. The van der Waals surface area contributed by atoms with Gasteiger partial charge in [0.05, 0.1) is 20.2 Å². The van der Waals surface area contributed by atoms with Crippen LogP contribution < -0.4 is 19.4 Å². The van der Waals surface area contributed by atoms with Crippen LogP contribution in [0.25, 0.3) is 0 Å². The molecule has 1 amide bonds. The van der Waals surface area contributed by atoms with Crippen molar-refractivity contribution in [3.8, 4) is 11.5 Å². The topological polar surface area (TPSA) is 82.6 Å². The maximum atomic E-state index is 12.7. The Balaban J connectivity index is 1.41. The van der Waals surface area contributed by atoms with E-state index >= 15 is 0 Å². The number of fused-ring (bicyclic) bond motifs is 1. The molecule has 3 heterocycles. The van der Waals surface area contributed by atoms with Gasteiger partial charge in [-0.2, -0.15) is 0 Å². The van der Waals surface area contributed by atoms with Gasteiger partial charge in [-0.25, -0.2) is 14.9 Å². The molecule has 1 aromatic carbocycles. The summed E-state index contributed by atoms with van der Waals surface area (Å²) in [6.07, 6.45) is 0.588. The fourth-order valence-corrected chi connectivity index (χ4v) is 4.64. The zero-order chi connectivity index (χ0) is 25.2. The van der Waals surface area contributed by atoms with E-state index in [0.29, 0.717) is 37.1 Å². The van der Waals surface area contributed by atoms with Gasteiger partial charge in [-0.1, -0.05) is 32.9 Å². The molecule has 1 aromatic heterocycles. The third-order valence-corrected chi connectivity index (χ3v) is 11.4. The van der Waals surface area contributed by atoms with Gasteiger partial charge in [0.25, 0.3) is 5.91 Å². The second kappa shape index (κ2) is 10.1. The maximum Gasteiger partial charge on any atom is 0.266 e. The molecule has 0 aliphatic carbocycles. The van der Waals surface area contributed by atoms with E-state index in [9.17, 15) is 4.79 Å². The molecule has 9 nitrogen and oxygen atoms in total. The SMILES string of the molecule is COc1ccc(CN2C(=O)COc3ccc(N4CC(CCO[Si](C)(C)C(C)(C)C)OO4)nc32)cc1. The van der Waals surface area contributed by atoms with Gasteiger partial charge in [0.2, 0.25) is 0 Å². The van der Waals surface area contributed by atoms with Gasteiger partial charge in [0.15, 0.2) is 32.3 Å². The monoisotopic (exact) mass is 501 g/mol. The molecule has 0 spiro atoms. The number of hydroxylamine groups is 1. The van der Waals surface area contributed by atoms with Gasteiger partial charge in [-0.05, 0) is 48.0 Å². The number of methoxy groups -OCH3 is 1. The van der Waals surface area contributed by atoms with Gasteiger partial charge in [-0.15, -0.1) is 4.99 Å². The maximum absolute atomic E-state index is 12.7. The summed E-state index contributed by atoms with van der Waals surface area (Å²) in [6.45, 7) is 12.6. The Labute approximate surface area is 207 Å². The minimum Gasteiger partial charge on any atom is -0.497 e. The smallest absolute Gasteiger partial charge is 0.266 e. The summed E-state index contributed by atoms with van der Waals surface area (Å²) in [5.74, 6) is 2.18. The summed E-state index contributed by atoms with van der Waals surface area (Å²) < 4.78 is 17.1. The van der Waals surface area contributed by atoms with Crippen molar-refractivity contribution >= 4 is 25.9 Å². The summed E-state index contributed by atoms with van der Waals surface area (Å²) in [4.78, 5) is 30.0. The second-order valence-corrected chi connectivity index (χ2v) is 15.2. The molecular weight excluding hydrogens is 466 g/mol. The van der Waals surface area contributed by atoms with Gasteiger partial charge >= 0.3 is 0 Å². The van der Waals surface area contributed by atoms with Crippen molar-refractivity contribution in [3.05, 3.63) is 42.0 Å². The van der Waals surface area contributed by atoms with E-state index in [1.54, 1.807) is 23.1 Å². The van der Waals surface area contributed by atoms with Crippen molar-refractivity contribution < 1.29 is 28.6 Å². The minimum absolute atomic E-state index is 0.0240. The summed E-state index contributed by atoms with van der Waals surface area (Å²) in [5.41, 5.74) is 0.960. The molecular formula is C25H35N3O6Si. The van der Waals surface area contributed by atoms with Crippen LogP contribution in [0.5, 0.6) is 11.5 Å². The molecule has 2 aliphatic rings. The van der Waals surface area contributed by atoms with Crippen LogP contribution >= 0.6 is 0 Å². The summed E-state index contributed by atoms with van der Waals surface area (Å²) >= 11 is 0. The third kappa shape index (κ3) is 5.78. The number of amides is 1. The number of hydrogen-bond acceptors (Lipinski definition) is 8. The average Bonchev–Trinajstić information content (AvgIpc) is 3.29. The molecule has 1 fully saturated rings. The van der Waals surface area contributed by atoms with Crippen molar-refractivity contribution in [3.63, 3.8) is 0 Å². The molecule has 10 heteroatoms. The summed E-state index contributed by atoms with van der Waals surface area (Å²) in [6, 6.07) is 11.2. The molecule has 4 rings (SSSR count). The number of rotatable bonds is 8. The molecule has 1 atom stereocenters. The number of carbonyl (C=O) groups is 1. The zero-order valence-electron chi connectivity index (χ0n) is 21.4. The number of benzene rings is 1. The van der Waals surface area contributed by atoms with Crippen LogP contribution in [0.3, 0.4) is 0 Å². The molecule has 0 bridgehead atoms. The molecule has 0 N–H and O–H groups in total. The van der Waals surface area contributed by atoms with E-state index in [0.717, 1.165) is 17.7 Å². The van der Waals surface area contributed by atoms with Crippen molar-refractivity contribution in [2.45, 2.75) is 58.0 Å². The number of ether oxygens (including phenoxy) is 2. The van der Waals surface area contributed by atoms with Crippen LogP contribution in [0.15, 0.2) is 36.4 Å². The Hall–Kier alpha value is -2.66. The highest BCUT2D eigenvalue weighted by Gasteiger charge is 2.38. The number of nitrogens with zero attached hydrogens (tertiary/aromatic N) is 3. The highest BCUT2D eigenvalue weighted by atomic mass is 28.4. The van der Waals surface area contributed by atoms with E-state index in [1.165, 1.54) is 0 Å².